The van der Waals surface area contributed by atoms with Crippen molar-refractivity contribution in [2.75, 3.05) is 9.80 Å². The molecule has 0 saturated carbocycles. The first-order valence-corrected chi connectivity index (χ1v) is 17.8. The van der Waals surface area contributed by atoms with E-state index in [1.165, 1.54) is 61.3 Å². The van der Waals surface area contributed by atoms with E-state index < -0.39 is 5.41 Å². The van der Waals surface area contributed by atoms with Crippen LogP contribution in [0.1, 0.15) is 76.3 Å². The Kier molecular flexibility index (Phi) is 6.47. The summed E-state index contributed by atoms with van der Waals surface area (Å²) >= 11 is 0. The molecule has 3 aliphatic rings. The first-order valence-electron chi connectivity index (χ1n) is 17.8. The standard InChI is InChI=1S/C46H42BFN2/c1-44(2,3)30-26-31(45(4,5)6)28-34(27-30)50-38-19-12-17-36-42(38)47-41-35(46(36,7)29-14-9-8-10-15-29)16-11-18-37(41)49(33-24-22-32(48)23-25-33)39-20-13-21-40(50)43(39)47/h8-28H,1-7H3. The molecule has 2 nitrogen and oxygen atoms in total. The molecule has 1 atom stereocenters. The Bertz CT molecular complexity index is 2300. The first kappa shape index (κ1) is 30.9. The van der Waals surface area contributed by atoms with Gasteiger partial charge in [-0.1, -0.05) is 108 Å². The summed E-state index contributed by atoms with van der Waals surface area (Å²) in [7, 11) is 0. The van der Waals surface area contributed by atoms with Crippen molar-refractivity contribution in [1.82, 2.24) is 0 Å². The van der Waals surface area contributed by atoms with E-state index in [1.54, 1.807) is 12.1 Å². The summed E-state index contributed by atoms with van der Waals surface area (Å²) in [5.41, 5.74) is 17.0. The fraction of sp³-hybridized carbons (Fsp3) is 0.217. The molecule has 0 aliphatic carbocycles. The van der Waals surface area contributed by atoms with Crippen molar-refractivity contribution in [3.05, 3.63) is 161 Å². The quantitative estimate of drug-likeness (QED) is 0.175. The van der Waals surface area contributed by atoms with Gasteiger partial charge in [-0.3, -0.25) is 0 Å². The molecule has 0 bridgehead atoms. The molecule has 0 amide bonds. The molecule has 0 radical (unpaired) electrons. The van der Waals surface area contributed by atoms with E-state index in [-0.39, 0.29) is 23.4 Å². The van der Waals surface area contributed by atoms with Crippen molar-refractivity contribution >= 4 is 57.2 Å². The van der Waals surface area contributed by atoms with Gasteiger partial charge in [0.15, 0.2) is 0 Å². The van der Waals surface area contributed by atoms with Crippen LogP contribution in [0.25, 0.3) is 0 Å². The second-order valence-electron chi connectivity index (χ2n) is 16.5. The molecule has 3 aliphatic heterocycles. The van der Waals surface area contributed by atoms with Gasteiger partial charge in [-0.2, -0.15) is 0 Å². The molecule has 0 saturated heterocycles. The number of hydrogen-bond acceptors (Lipinski definition) is 2. The zero-order valence-corrected chi connectivity index (χ0v) is 30.0. The fourth-order valence-electron chi connectivity index (χ4n) is 8.87. The largest absolute Gasteiger partial charge is 0.311 e. The van der Waals surface area contributed by atoms with Crippen LogP contribution in [0, 0.1) is 5.82 Å². The van der Waals surface area contributed by atoms with Crippen LogP contribution in [0.2, 0.25) is 0 Å². The van der Waals surface area contributed by atoms with Gasteiger partial charge in [0, 0.05) is 39.5 Å². The van der Waals surface area contributed by atoms with Crippen LogP contribution >= 0.6 is 0 Å². The number of halogens is 1. The maximum absolute atomic E-state index is 14.4. The highest BCUT2D eigenvalue weighted by Gasteiger charge is 2.52. The molecule has 0 spiro atoms. The third-order valence-corrected chi connectivity index (χ3v) is 11.5. The Balaban J connectivity index is 1.43. The van der Waals surface area contributed by atoms with E-state index in [4.69, 9.17) is 0 Å². The molecular weight excluding hydrogens is 610 g/mol. The Morgan fingerprint density at radius 1 is 0.500 bits per heavy atom. The van der Waals surface area contributed by atoms with Gasteiger partial charge in [0.1, 0.15) is 5.82 Å². The number of anilines is 6. The maximum atomic E-state index is 14.4. The molecular formula is C46H42BFN2. The van der Waals surface area contributed by atoms with E-state index >= 15 is 0 Å². The van der Waals surface area contributed by atoms with Gasteiger partial charge in [0.25, 0.3) is 6.71 Å². The first-order chi connectivity index (χ1) is 23.9. The van der Waals surface area contributed by atoms with E-state index in [0.717, 1.165) is 17.1 Å². The number of rotatable bonds is 3. The Hall–Kier alpha value is -5.09. The van der Waals surface area contributed by atoms with Crippen LogP contribution in [0.3, 0.4) is 0 Å². The Morgan fingerprint density at radius 3 is 1.46 bits per heavy atom. The lowest BCUT2D eigenvalue weighted by molar-refractivity contribution is 0.569. The summed E-state index contributed by atoms with van der Waals surface area (Å²) in [6.07, 6.45) is 0. The summed E-state index contributed by atoms with van der Waals surface area (Å²) in [4.78, 5) is 4.90. The summed E-state index contributed by atoms with van der Waals surface area (Å²) in [6, 6.07) is 45.7. The summed E-state index contributed by atoms with van der Waals surface area (Å²) in [5, 5.41) is 0. The molecule has 0 fully saturated rings. The highest BCUT2D eigenvalue weighted by atomic mass is 19.1. The van der Waals surface area contributed by atoms with Gasteiger partial charge >= 0.3 is 0 Å². The van der Waals surface area contributed by atoms with Gasteiger partial charge in [-0.25, -0.2) is 4.39 Å². The lowest BCUT2D eigenvalue weighted by Gasteiger charge is -2.51. The van der Waals surface area contributed by atoms with E-state index in [9.17, 15) is 4.39 Å². The minimum absolute atomic E-state index is 0.0281. The number of nitrogens with zero attached hydrogens (tertiary/aromatic N) is 2. The van der Waals surface area contributed by atoms with E-state index in [0.29, 0.717) is 0 Å². The zero-order valence-electron chi connectivity index (χ0n) is 30.0. The van der Waals surface area contributed by atoms with Crippen LogP contribution in [0.15, 0.2) is 127 Å². The average Bonchev–Trinajstić information content (AvgIpc) is 3.10. The molecule has 9 rings (SSSR count). The van der Waals surface area contributed by atoms with Gasteiger partial charge in [0.2, 0.25) is 0 Å². The number of hydrogen-bond donors (Lipinski definition) is 0. The third kappa shape index (κ3) is 4.27. The van der Waals surface area contributed by atoms with Crippen molar-refractivity contribution in [1.29, 1.82) is 0 Å². The predicted octanol–water partition coefficient (Wildman–Crippen LogP) is 10.2. The summed E-state index contributed by atoms with van der Waals surface area (Å²) in [6.45, 7) is 16.3. The Morgan fingerprint density at radius 2 is 0.960 bits per heavy atom. The molecule has 0 aromatic heterocycles. The molecule has 3 heterocycles. The van der Waals surface area contributed by atoms with E-state index in [1.807, 2.05) is 12.1 Å². The molecule has 1 unspecified atom stereocenters. The van der Waals surface area contributed by atoms with Crippen LogP contribution in [0.4, 0.5) is 38.5 Å². The number of benzene rings is 6. The molecule has 246 valence electrons. The van der Waals surface area contributed by atoms with Crippen molar-refractivity contribution in [2.45, 2.75) is 64.7 Å². The third-order valence-electron chi connectivity index (χ3n) is 11.5. The Labute approximate surface area is 296 Å². The van der Waals surface area contributed by atoms with Gasteiger partial charge in [-0.05, 0) is 123 Å². The lowest BCUT2D eigenvalue weighted by Crippen LogP contribution is -2.67. The van der Waals surface area contributed by atoms with Crippen molar-refractivity contribution in [2.24, 2.45) is 0 Å². The molecule has 0 N–H and O–H groups in total. The fourth-order valence-corrected chi connectivity index (χ4v) is 8.87. The zero-order chi connectivity index (χ0) is 34.7. The highest BCUT2D eigenvalue weighted by Crippen LogP contribution is 2.51. The van der Waals surface area contributed by atoms with Gasteiger partial charge in [-0.15, -0.1) is 0 Å². The minimum atomic E-state index is -0.401. The van der Waals surface area contributed by atoms with E-state index in [2.05, 4.69) is 161 Å². The van der Waals surface area contributed by atoms with Crippen LogP contribution in [0.5, 0.6) is 0 Å². The van der Waals surface area contributed by atoms with Crippen LogP contribution in [-0.2, 0) is 16.2 Å². The second kappa shape index (κ2) is 10.5. The lowest BCUT2D eigenvalue weighted by atomic mass is 9.28. The maximum Gasteiger partial charge on any atom is 0.252 e. The molecule has 6 aromatic rings. The van der Waals surface area contributed by atoms with Crippen molar-refractivity contribution < 1.29 is 4.39 Å². The molecule has 50 heavy (non-hydrogen) atoms. The molecule has 6 aromatic carbocycles. The topological polar surface area (TPSA) is 6.48 Å². The second-order valence-corrected chi connectivity index (χ2v) is 16.5. The summed E-state index contributed by atoms with van der Waals surface area (Å²) in [5.74, 6) is -0.233. The molecule has 4 heteroatoms. The highest BCUT2D eigenvalue weighted by molar-refractivity contribution is 7.01. The minimum Gasteiger partial charge on any atom is -0.311 e. The van der Waals surface area contributed by atoms with Gasteiger partial charge < -0.3 is 9.80 Å². The smallest absolute Gasteiger partial charge is 0.252 e. The van der Waals surface area contributed by atoms with Crippen LogP contribution < -0.4 is 26.2 Å². The van der Waals surface area contributed by atoms with Crippen LogP contribution in [-0.4, -0.2) is 6.71 Å². The van der Waals surface area contributed by atoms with Gasteiger partial charge in [0.05, 0.1) is 0 Å². The van der Waals surface area contributed by atoms with Crippen molar-refractivity contribution in [3.63, 3.8) is 0 Å². The average molecular weight is 653 g/mol. The SMILES string of the molecule is CC(C)(C)c1cc(N2c3cccc4c3B3c5c(cccc5C(C)(c5ccccc5)c5cccc2c53)N4c2ccc(F)cc2)cc(C(C)(C)C)c1. The predicted molar refractivity (Wildman–Crippen MR) is 210 cm³/mol. The summed E-state index contributed by atoms with van der Waals surface area (Å²) < 4.78 is 14.4. The van der Waals surface area contributed by atoms with Crippen molar-refractivity contribution in [3.8, 4) is 0 Å². The monoisotopic (exact) mass is 652 g/mol. The normalized spacial score (nSPS) is 17.2.